The molecule has 0 bridgehead atoms. The zero-order valence-corrected chi connectivity index (χ0v) is 19.7. The van der Waals surface area contributed by atoms with Crippen LogP contribution in [0, 0.1) is 7.14 Å². The molecule has 148 valence electrons. The first-order chi connectivity index (χ1) is 14.4. The lowest BCUT2D eigenvalue weighted by Gasteiger charge is -2.14. The second-order valence-electron chi connectivity index (χ2n) is 6.55. The normalized spacial score (nSPS) is 10.7. The third-order valence-corrected chi connectivity index (χ3v) is 6.06. The number of carbonyl (C=O) groups is 2. The second-order valence-corrected chi connectivity index (χ2v) is 9.04. The van der Waals surface area contributed by atoms with Crippen LogP contribution in [0.4, 0.5) is 0 Å². The van der Waals surface area contributed by atoms with Gasteiger partial charge in [0.15, 0.2) is 0 Å². The molecule has 0 aliphatic carbocycles. The molecule has 4 aromatic rings. The molecule has 0 unspecified atom stereocenters. The third-order valence-electron chi connectivity index (χ3n) is 4.67. The summed E-state index contributed by atoms with van der Waals surface area (Å²) in [4.78, 5) is 24.4. The monoisotopic (exact) mass is 620 g/mol. The predicted octanol–water partition coefficient (Wildman–Crippen LogP) is 6.63. The van der Waals surface area contributed by atoms with Gasteiger partial charge in [0.25, 0.3) is 0 Å². The number of hydrogen-bond acceptors (Lipinski definition) is 3. The smallest absolute Gasteiger partial charge is 0.343 e. The van der Waals surface area contributed by atoms with Gasteiger partial charge in [0.1, 0.15) is 5.75 Å². The van der Waals surface area contributed by atoms with Crippen LogP contribution in [-0.2, 0) is 0 Å². The molecule has 0 aliphatic heterocycles. The highest BCUT2D eigenvalue weighted by atomic mass is 127. The Labute approximate surface area is 200 Å². The highest BCUT2D eigenvalue weighted by molar-refractivity contribution is 14.1. The van der Waals surface area contributed by atoms with Crippen molar-refractivity contribution >= 4 is 67.9 Å². The van der Waals surface area contributed by atoms with Crippen LogP contribution >= 0.6 is 45.2 Å². The molecule has 0 amide bonds. The minimum absolute atomic E-state index is 0.226. The van der Waals surface area contributed by atoms with Crippen molar-refractivity contribution in [1.29, 1.82) is 0 Å². The molecule has 0 fully saturated rings. The molecule has 0 radical (unpaired) electrons. The van der Waals surface area contributed by atoms with Crippen LogP contribution in [0.25, 0.3) is 21.9 Å². The standard InChI is InChI=1S/C24H14I2O4/c25-15-7-5-14(6-8-15)24(29)30-22-12-11-18(17-3-1-2-4-19(17)22)21-13-16(26)9-10-20(21)23(27)28/h1-13H,(H,27,28). The van der Waals surface area contributed by atoms with Crippen LogP contribution in [0.2, 0.25) is 0 Å². The van der Waals surface area contributed by atoms with E-state index in [4.69, 9.17) is 4.74 Å². The van der Waals surface area contributed by atoms with Crippen LogP contribution in [0.5, 0.6) is 5.75 Å². The average molecular weight is 620 g/mol. The molecule has 6 heteroatoms. The Morgan fingerprint density at radius 1 is 0.733 bits per heavy atom. The van der Waals surface area contributed by atoms with Crippen LogP contribution in [0.15, 0.2) is 78.9 Å². The molecule has 30 heavy (non-hydrogen) atoms. The molecule has 4 aromatic carbocycles. The van der Waals surface area contributed by atoms with Gasteiger partial charge in [0.05, 0.1) is 11.1 Å². The van der Waals surface area contributed by atoms with E-state index >= 15 is 0 Å². The topological polar surface area (TPSA) is 63.6 Å². The fourth-order valence-electron chi connectivity index (χ4n) is 3.27. The number of halogens is 2. The number of esters is 1. The molecule has 0 spiro atoms. The van der Waals surface area contributed by atoms with Crippen molar-refractivity contribution in [1.82, 2.24) is 0 Å². The summed E-state index contributed by atoms with van der Waals surface area (Å²) in [5.74, 6) is -0.995. The highest BCUT2D eigenvalue weighted by Crippen LogP contribution is 2.37. The molecule has 0 atom stereocenters. The van der Waals surface area contributed by atoms with Gasteiger partial charge in [-0.3, -0.25) is 0 Å². The Morgan fingerprint density at radius 3 is 2.10 bits per heavy atom. The Balaban J connectivity index is 1.82. The summed E-state index contributed by atoms with van der Waals surface area (Å²) in [6.45, 7) is 0. The van der Waals surface area contributed by atoms with Gasteiger partial charge in [0.2, 0.25) is 0 Å². The van der Waals surface area contributed by atoms with E-state index in [1.807, 2.05) is 42.5 Å². The minimum atomic E-state index is -0.986. The zero-order chi connectivity index (χ0) is 21.3. The summed E-state index contributed by atoms with van der Waals surface area (Å²) in [5.41, 5.74) is 2.09. The summed E-state index contributed by atoms with van der Waals surface area (Å²) in [7, 11) is 0. The maximum absolute atomic E-state index is 12.6. The van der Waals surface area contributed by atoms with Gasteiger partial charge in [-0.1, -0.05) is 24.3 Å². The molecule has 0 aromatic heterocycles. The van der Waals surface area contributed by atoms with Gasteiger partial charge in [-0.2, -0.15) is 0 Å². The van der Waals surface area contributed by atoms with Gasteiger partial charge in [0, 0.05) is 12.5 Å². The van der Waals surface area contributed by atoms with Crippen molar-refractivity contribution in [3.05, 3.63) is 97.1 Å². The second kappa shape index (κ2) is 8.73. The van der Waals surface area contributed by atoms with Crippen molar-refractivity contribution in [2.75, 3.05) is 0 Å². The number of carboxylic acids is 1. The summed E-state index contributed by atoms with van der Waals surface area (Å²) in [6, 6.07) is 23.4. The Bertz CT molecular complexity index is 1280. The van der Waals surface area contributed by atoms with E-state index in [0.29, 0.717) is 16.9 Å². The number of aromatic carboxylic acids is 1. The quantitative estimate of drug-likeness (QED) is 0.158. The average Bonchev–Trinajstić information content (AvgIpc) is 2.74. The number of benzene rings is 4. The summed E-state index contributed by atoms with van der Waals surface area (Å²) < 4.78 is 7.66. The van der Waals surface area contributed by atoms with Crippen molar-refractivity contribution < 1.29 is 19.4 Å². The molecular formula is C24H14I2O4. The van der Waals surface area contributed by atoms with Gasteiger partial charge in [-0.15, -0.1) is 0 Å². The van der Waals surface area contributed by atoms with Crippen LogP contribution in [-0.4, -0.2) is 17.0 Å². The summed E-state index contributed by atoms with van der Waals surface area (Å²) in [5, 5.41) is 11.2. The molecule has 1 N–H and O–H groups in total. The fraction of sp³-hybridized carbons (Fsp3) is 0. The minimum Gasteiger partial charge on any atom is -0.478 e. The molecule has 0 heterocycles. The first-order valence-corrected chi connectivity index (χ1v) is 11.1. The predicted molar refractivity (Wildman–Crippen MR) is 133 cm³/mol. The van der Waals surface area contributed by atoms with E-state index in [0.717, 1.165) is 23.5 Å². The fourth-order valence-corrected chi connectivity index (χ4v) is 4.12. The van der Waals surface area contributed by atoms with Crippen molar-refractivity contribution in [2.24, 2.45) is 0 Å². The molecule has 0 aliphatic rings. The first kappa shape index (κ1) is 20.8. The first-order valence-electron chi connectivity index (χ1n) is 8.97. The highest BCUT2D eigenvalue weighted by Gasteiger charge is 2.17. The van der Waals surface area contributed by atoms with Crippen LogP contribution in [0.3, 0.4) is 0 Å². The summed E-state index contributed by atoms with van der Waals surface area (Å²) in [6.07, 6.45) is 0. The number of carbonyl (C=O) groups excluding carboxylic acids is 1. The molecule has 4 nitrogen and oxygen atoms in total. The number of carboxylic acid groups (broad SMARTS) is 1. The van der Waals surface area contributed by atoms with Gasteiger partial charge in [-0.05, 0) is 116 Å². The molecule has 0 saturated carbocycles. The van der Waals surface area contributed by atoms with E-state index in [9.17, 15) is 14.7 Å². The van der Waals surface area contributed by atoms with E-state index in [1.165, 1.54) is 0 Å². The van der Waals surface area contributed by atoms with Crippen molar-refractivity contribution in [3.63, 3.8) is 0 Å². The van der Waals surface area contributed by atoms with Crippen LogP contribution in [0.1, 0.15) is 20.7 Å². The van der Waals surface area contributed by atoms with Crippen molar-refractivity contribution in [2.45, 2.75) is 0 Å². The third kappa shape index (κ3) is 4.20. The van der Waals surface area contributed by atoms with E-state index < -0.39 is 11.9 Å². The zero-order valence-electron chi connectivity index (χ0n) is 15.4. The number of fused-ring (bicyclic) bond motifs is 1. The lowest BCUT2D eigenvalue weighted by Crippen LogP contribution is -2.08. The lowest BCUT2D eigenvalue weighted by atomic mass is 9.94. The molecule has 4 rings (SSSR count). The number of rotatable bonds is 4. The van der Waals surface area contributed by atoms with Gasteiger partial charge < -0.3 is 9.84 Å². The number of hydrogen-bond donors (Lipinski definition) is 1. The summed E-state index contributed by atoms with van der Waals surface area (Å²) >= 11 is 4.34. The van der Waals surface area contributed by atoms with Gasteiger partial charge in [-0.25, -0.2) is 9.59 Å². The maximum atomic E-state index is 12.6. The van der Waals surface area contributed by atoms with E-state index in [-0.39, 0.29) is 5.56 Å². The number of ether oxygens (including phenoxy) is 1. The molecule has 0 saturated heterocycles. The molecular weight excluding hydrogens is 606 g/mol. The Kier molecular flexibility index (Phi) is 6.05. The Hall–Kier alpha value is -2.46. The van der Waals surface area contributed by atoms with Crippen LogP contribution < -0.4 is 4.74 Å². The largest absolute Gasteiger partial charge is 0.478 e. The lowest BCUT2D eigenvalue weighted by molar-refractivity contribution is 0.0695. The van der Waals surface area contributed by atoms with Gasteiger partial charge >= 0.3 is 11.9 Å². The van der Waals surface area contributed by atoms with E-state index in [1.54, 1.807) is 36.4 Å². The maximum Gasteiger partial charge on any atom is 0.343 e. The van der Waals surface area contributed by atoms with Crippen molar-refractivity contribution in [3.8, 4) is 16.9 Å². The Morgan fingerprint density at radius 2 is 1.40 bits per heavy atom. The van der Waals surface area contributed by atoms with E-state index in [2.05, 4.69) is 45.2 Å². The SMILES string of the molecule is O=C(Oc1ccc(-c2cc(I)ccc2C(=O)O)c2ccccc12)c1ccc(I)cc1.